The van der Waals surface area contributed by atoms with Crippen molar-refractivity contribution < 1.29 is 0 Å². The molecule has 0 aromatic heterocycles. The molecule has 1 saturated carbocycles. The smallest absolute Gasteiger partial charge is 0.0669 e. The van der Waals surface area contributed by atoms with E-state index in [-0.39, 0.29) is 0 Å². The Morgan fingerprint density at radius 3 is 2.25 bits per heavy atom. The Morgan fingerprint density at radius 1 is 1.25 bits per heavy atom. The molecular formula is C6H13N2. The molecule has 8 heavy (non-hydrogen) atoms. The summed E-state index contributed by atoms with van der Waals surface area (Å²) in [5.41, 5.74) is 10.8. The zero-order chi connectivity index (χ0) is 6.04. The molecule has 0 amide bonds. The van der Waals surface area contributed by atoms with Gasteiger partial charge in [-0.05, 0) is 19.3 Å². The van der Waals surface area contributed by atoms with Gasteiger partial charge in [-0.2, -0.15) is 0 Å². The van der Waals surface area contributed by atoms with Crippen LogP contribution in [0.3, 0.4) is 0 Å². The SMILES string of the molecule is NC1(N)[CH]CCCC1. The third-order valence-electron chi connectivity index (χ3n) is 1.59. The van der Waals surface area contributed by atoms with E-state index in [4.69, 9.17) is 11.5 Å². The molecule has 0 unspecified atom stereocenters. The molecule has 0 saturated heterocycles. The predicted molar refractivity (Wildman–Crippen MR) is 33.9 cm³/mol. The molecule has 0 bridgehead atoms. The minimum absolute atomic E-state index is 0.446. The van der Waals surface area contributed by atoms with E-state index in [0.29, 0.717) is 0 Å². The average Bonchev–Trinajstić information content (AvgIpc) is 1.65. The standard InChI is InChI=1S/C6H13N2/c7-6(8)4-2-1-3-5-6/h4H,1-3,5,7-8H2. The van der Waals surface area contributed by atoms with Crippen LogP contribution in [0.5, 0.6) is 0 Å². The second kappa shape index (κ2) is 2.03. The van der Waals surface area contributed by atoms with Gasteiger partial charge in [-0.3, -0.25) is 0 Å². The topological polar surface area (TPSA) is 52.0 Å². The molecule has 4 N–H and O–H groups in total. The van der Waals surface area contributed by atoms with Gasteiger partial charge in [0.1, 0.15) is 0 Å². The minimum atomic E-state index is -0.446. The minimum Gasteiger partial charge on any atom is -0.313 e. The Bertz CT molecular complexity index is 70.6. The summed E-state index contributed by atoms with van der Waals surface area (Å²) in [4.78, 5) is 0. The highest BCUT2D eigenvalue weighted by molar-refractivity contribution is 4.94. The third kappa shape index (κ3) is 1.46. The normalized spacial score (nSPS) is 27.8. The van der Waals surface area contributed by atoms with Crippen molar-refractivity contribution in [3.05, 3.63) is 6.42 Å². The van der Waals surface area contributed by atoms with Crippen molar-refractivity contribution in [2.45, 2.75) is 31.3 Å². The molecule has 47 valence electrons. The van der Waals surface area contributed by atoms with Gasteiger partial charge in [0, 0.05) is 0 Å². The number of hydrogen-bond acceptors (Lipinski definition) is 2. The summed E-state index contributed by atoms with van der Waals surface area (Å²) >= 11 is 0. The summed E-state index contributed by atoms with van der Waals surface area (Å²) in [6, 6.07) is 0. The van der Waals surface area contributed by atoms with Gasteiger partial charge in [-0.15, -0.1) is 0 Å². The number of rotatable bonds is 0. The lowest BCUT2D eigenvalue weighted by Gasteiger charge is -2.27. The highest BCUT2D eigenvalue weighted by atomic mass is 14.9. The van der Waals surface area contributed by atoms with Crippen molar-refractivity contribution in [2.75, 3.05) is 0 Å². The summed E-state index contributed by atoms with van der Waals surface area (Å²) in [5.74, 6) is 0. The number of nitrogens with two attached hydrogens (primary N) is 2. The van der Waals surface area contributed by atoms with Gasteiger partial charge in [0.2, 0.25) is 0 Å². The van der Waals surface area contributed by atoms with Crippen molar-refractivity contribution in [3.8, 4) is 0 Å². The molecule has 0 aromatic carbocycles. The van der Waals surface area contributed by atoms with Crippen LogP contribution in [-0.2, 0) is 0 Å². The molecule has 1 aliphatic carbocycles. The lowest BCUT2D eigenvalue weighted by atomic mass is 9.91. The van der Waals surface area contributed by atoms with Gasteiger partial charge >= 0.3 is 0 Å². The van der Waals surface area contributed by atoms with E-state index in [1.54, 1.807) is 0 Å². The Labute approximate surface area is 50.2 Å². The average molecular weight is 113 g/mol. The van der Waals surface area contributed by atoms with Crippen LogP contribution in [0.4, 0.5) is 0 Å². The quantitative estimate of drug-likeness (QED) is 0.446. The van der Waals surface area contributed by atoms with E-state index >= 15 is 0 Å². The fraction of sp³-hybridized carbons (Fsp3) is 0.833. The fourth-order valence-corrected chi connectivity index (χ4v) is 1.05. The first kappa shape index (κ1) is 6.05. The van der Waals surface area contributed by atoms with Crippen LogP contribution >= 0.6 is 0 Å². The Hall–Kier alpha value is -0.0800. The van der Waals surface area contributed by atoms with Gasteiger partial charge in [0.15, 0.2) is 0 Å². The first-order valence-corrected chi connectivity index (χ1v) is 3.13. The van der Waals surface area contributed by atoms with Gasteiger partial charge < -0.3 is 11.5 Å². The van der Waals surface area contributed by atoms with Crippen LogP contribution in [0, 0.1) is 6.42 Å². The molecular weight excluding hydrogens is 100 g/mol. The van der Waals surface area contributed by atoms with Crippen LogP contribution in [0.15, 0.2) is 0 Å². The molecule has 0 spiro atoms. The van der Waals surface area contributed by atoms with Gasteiger partial charge in [-0.1, -0.05) is 12.8 Å². The highest BCUT2D eigenvalue weighted by Gasteiger charge is 2.21. The maximum atomic E-state index is 5.60. The van der Waals surface area contributed by atoms with Crippen LogP contribution in [-0.4, -0.2) is 5.66 Å². The highest BCUT2D eigenvalue weighted by Crippen LogP contribution is 2.19. The molecule has 1 radical (unpaired) electrons. The Kier molecular flexibility index (Phi) is 1.54. The van der Waals surface area contributed by atoms with Crippen molar-refractivity contribution in [1.29, 1.82) is 0 Å². The van der Waals surface area contributed by atoms with Gasteiger partial charge in [0.05, 0.1) is 5.66 Å². The van der Waals surface area contributed by atoms with E-state index in [9.17, 15) is 0 Å². The maximum absolute atomic E-state index is 5.60. The summed E-state index contributed by atoms with van der Waals surface area (Å²) in [6.07, 6.45) is 6.50. The molecule has 0 aromatic rings. The largest absolute Gasteiger partial charge is 0.313 e. The molecule has 0 atom stereocenters. The number of hydrogen-bond donors (Lipinski definition) is 2. The van der Waals surface area contributed by atoms with Gasteiger partial charge in [0.25, 0.3) is 0 Å². The van der Waals surface area contributed by atoms with E-state index in [1.165, 1.54) is 12.8 Å². The zero-order valence-electron chi connectivity index (χ0n) is 5.06. The van der Waals surface area contributed by atoms with E-state index in [1.807, 2.05) is 6.42 Å². The molecule has 1 fully saturated rings. The van der Waals surface area contributed by atoms with Crippen LogP contribution < -0.4 is 11.5 Å². The Morgan fingerprint density at radius 2 is 2.00 bits per heavy atom. The third-order valence-corrected chi connectivity index (χ3v) is 1.59. The second-order valence-electron chi connectivity index (χ2n) is 2.56. The lowest BCUT2D eigenvalue weighted by molar-refractivity contribution is 0.388. The molecule has 1 aliphatic rings. The van der Waals surface area contributed by atoms with E-state index < -0.39 is 5.66 Å². The van der Waals surface area contributed by atoms with Crippen LogP contribution in [0.25, 0.3) is 0 Å². The summed E-state index contributed by atoms with van der Waals surface area (Å²) < 4.78 is 0. The molecule has 2 heteroatoms. The zero-order valence-corrected chi connectivity index (χ0v) is 5.06. The fourth-order valence-electron chi connectivity index (χ4n) is 1.05. The van der Waals surface area contributed by atoms with Crippen molar-refractivity contribution in [3.63, 3.8) is 0 Å². The predicted octanol–water partition coefficient (Wildman–Crippen LogP) is 0.378. The summed E-state index contributed by atoms with van der Waals surface area (Å²) in [6.45, 7) is 0. The van der Waals surface area contributed by atoms with Crippen LogP contribution in [0.1, 0.15) is 25.7 Å². The summed E-state index contributed by atoms with van der Waals surface area (Å²) in [5, 5.41) is 0. The van der Waals surface area contributed by atoms with Crippen molar-refractivity contribution in [1.82, 2.24) is 0 Å². The van der Waals surface area contributed by atoms with E-state index in [0.717, 1.165) is 12.8 Å². The first-order chi connectivity index (χ1) is 3.71. The molecule has 1 rings (SSSR count). The monoisotopic (exact) mass is 113 g/mol. The van der Waals surface area contributed by atoms with Crippen LogP contribution in [0.2, 0.25) is 0 Å². The maximum Gasteiger partial charge on any atom is 0.0669 e. The van der Waals surface area contributed by atoms with E-state index in [2.05, 4.69) is 0 Å². The van der Waals surface area contributed by atoms with Crippen molar-refractivity contribution in [2.24, 2.45) is 11.5 Å². The molecule has 0 heterocycles. The molecule has 2 nitrogen and oxygen atoms in total. The second-order valence-corrected chi connectivity index (χ2v) is 2.56. The molecule has 0 aliphatic heterocycles. The van der Waals surface area contributed by atoms with Gasteiger partial charge in [-0.25, -0.2) is 0 Å². The lowest BCUT2D eigenvalue weighted by Crippen LogP contribution is -2.50. The first-order valence-electron chi connectivity index (χ1n) is 3.13. The summed E-state index contributed by atoms with van der Waals surface area (Å²) in [7, 11) is 0. The Balaban J connectivity index is 2.33. The van der Waals surface area contributed by atoms with Crippen molar-refractivity contribution >= 4 is 0 Å².